The number of benzene rings is 2. The molecule has 168 valence electrons. The van der Waals surface area contributed by atoms with Crippen molar-refractivity contribution in [1.29, 1.82) is 0 Å². The van der Waals surface area contributed by atoms with E-state index < -0.39 is 10.0 Å². The van der Waals surface area contributed by atoms with Crippen molar-refractivity contribution in [3.05, 3.63) is 65.2 Å². The minimum Gasteiger partial charge on any atom is -0.356 e. The van der Waals surface area contributed by atoms with E-state index in [-0.39, 0.29) is 17.3 Å². The molecule has 0 saturated heterocycles. The number of guanidine groups is 1. The number of hydrogen-bond acceptors (Lipinski definition) is 4. The van der Waals surface area contributed by atoms with Gasteiger partial charge in [0.05, 0.1) is 4.90 Å². The van der Waals surface area contributed by atoms with E-state index in [9.17, 15) is 13.2 Å². The van der Waals surface area contributed by atoms with Crippen LogP contribution in [0.2, 0.25) is 0 Å². The van der Waals surface area contributed by atoms with Crippen LogP contribution in [0.1, 0.15) is 21.5 Å². The van der Waals surface area contributed by atoms with Crippen LogP contribution in [0.5, 0.6) is 0 Å². The summed E-state index contributed by atoms with van der Waals surface area (Å²) in [5.74, 6) is 0.551. The van der Waals surface area contributed by atoms with Crippen LogP contribution in [0, 0.1) is 6.92 Å². The number of carbonyl (C=O) groups excluding carboxylic acids is 1. The zero-order valence-electron chi connectivity index (χ0n) is 18.5. The van der Waals surface area contributed by atoms with Gasteiger partial charge in [0, 0.05) is 46.3 Å². The molecule has 2 rings (SSSR count). The molecular weight excluding hydrogens is 414 g/mol. The molecule has 9 heteroatoms. The largest absolute Gasteiger partial charge is 0.356 e. The van der Waals surface area contributed by atoms with Gasteiger partial charge in [0.25, 0.3) is 5.91 Å². The van der Waals surface area contributed by atoms with Crippen molar-refractivity contribution < 1.29 is 13.2 Å². The zero-order valence-corrected chi connectivity index (χ0v) is 19.3. The maximum Gasteiger partial charge on any atom is 0.253 e. The highest BCUT2D eigenvalue weighted by Gasteiger charge is 2.12. The fourth-order valence-electron chi connectivity index (χ4n) is 2.83. The highest BCUT2D eigenvalue weighted by molar-refractivity contribution is 7.89. The van der Waals surface area contributed by atoms with E-state index in [0.29, 0.717) is 24.6 Å². The van der Waals surface area contributed by atoms with Crippen molar-refractivity contribution in [2.45, 2.75) is 18.2 Å². The number of hydrogen-bond donors (Lipinski definition) is 3. The maximum atomic E-state index is 12.3. The van der Waals surface area contributed by atoms with Crippen molar-refractivity contribution in [1.82, 2.24) is 20.3 Å². The second-order valence-electron chi connectivity index (χ2n) is 7.29. The molecule has 0 radical (unpaired) electrons. The molecule has 0 bridgehead atoms. The van der Waals surface area contributed by atoms with Crippen LogP contribution in [-0.2, 0) is 16.4 Å². The Labute approximate surface area is 184 Å². The van der Waals surface area contributed by atoms with Crippen LogP contribution in [0.4, 0.5) is 0 Å². The predicted molar refractivity (Wildman–Crippen MR) is 124 cm³/mol. The third-order valence-corrected chi connectivity index (χ3v) is 6.03. The molecule has 31 heavy (non-hydrogen) atoms. The standard InChI is InChI=1S/C22H31N5O3S/c1-17-8-10-20(11-9-17)31(29,30)26-15-14-25-22(23-2)24-13-12-18-6-5-7-19(16-18)21(28)27(3)4/h5-11,16,26H,12-15H2,1-4H3,(H2,23,24,25). The Kier molecular flexibility index (Phi) is 9.02. The van der Waals surface area contributed by atoms with Crippen molar-refractivity contribution in [3.8, 4) is 0 Å². The second kappa shape index (κ2) is 11.5. The van der Waals surface area contributed by atoms with Gasteiger partial charge >= 0.3 is 0 Å². The fraction of sp³-hybridized carbons (Fsp3) is 0.364. The van der Waals surface area contributed by atoms with Gasteiger partial charge in [-0.15, -0.1) is 0 Å². The highest BCUT2D eigenvalue weighted by Crippen LogP contribution is 2.09. The molecule has 0 aliphatic heterocycles. The number of aliphatic imine (C=N–C) groups is 1. The Hall–Kier alpha value is -2.91. The molecule has 0 saturated carbocycles. The van der Waals surface area contributed by atoms with Crippen LogP contribution in [0.3, 0.4) is 0 Å². The average Bonchev–Trinajstić information content (AvgIpc) is 2.75. The number of nitrogens with zero attached hydrogens (tertiary/aromatic N) is 2. The first kappa shape index (κ1) is 24.4. The lowest BCUT2D eigenvalue weighted by molar-refractivity contribution is 0.0827. The van der Waals surface area contributed by atoms with E-state index in [1.807, 2.05) is 25.1 Å². The SMILES string of the molecule is CN=C(NCCNS(=O)(=O)c1ccc(C)cc1)NCCc1cccc(C(=O)N(C)C)c1. The van der Waals surface area contributed by atoms with Gasteiger partial charge < -0.3 is 15.5 Å². The van der Waals surface area contributed by atoms with E-state index in [2.05, 4.69) is 20.3 Å². The minimum absolute atomic E-state index is 0.0274. The van der Waals surface area contributed by atoms with Crippen LogP contribution in [-0.4, -0.2) is 66.0 Å². The number of aryl methyl sites for hydroxylation is 1. The van der Waals surface area contributed by atoms with Crippen LogP contribution in [0.25, 0.3) is 0 Å². The van der Waals surface area contributed by atoms with Crippen LogP contribution < -0.4 is 15.4 Å². The van der Waals surface area contributed by atoms with E-state index >= 15 is 0 Å². The predicted octanol–water partition coefficient (Wildman–Crippen LogP) is 1.38. The third kappa shape index (κ3) is 7.69. The molecule has 2 aromatic rings. The maximum absolute atomic E-state index is 12.3. The van der Waals surface area contributed by atoms with Gasteiger partial charge in [-0.1, -0.05) is 29.8 Å². The molecule has 0 atom stereocenters. The summed E-state index contributed by atoms with van der Waals surface area (Å²) in [6, 6.07) is 14.3. The Bertz CT molecular complexity index is 1000. The number of sulfonamides is 1. The first-order valence-corrected chi connectivity index (χ1v) is 11.5. The highest BCUT2D eigenvalue weighted by atomic mass is 32.2. The Balaban J connectivity index is 1.76. The van der Waals surface area contributed by atoms with Gasteiger partial charge in [0.1, 0.15) is 0 Å². The number of carbonyl (C=O) groups is 1. The summed E-state index contributed by atoms with van der Waals surface area (Å²) < 4.78 is 27.2. The second-order valence-corrected chi connectivity index (χ2v) is 9.05. The van der Waals surface area contributed by atoms with Crippen molar-refractivity contribution in [2.75, 3.05) is 40.8 Å². The summed E-state index contributed by atoms with van der Waals surface area (Å²) in [4.78, 5) is 18.0. The first-order chi connectivity index (χ1) is 14.7. The monoisotopic (exact) mass is 445 g/mol. The van der Waals surface area contributed by atoms with Crippen molar-refractivity contribution >= 4 is 21.9 Å². The Morgan fingerprint density at radius 3 is 2.32 bits per heavy atom. The number of nitrogens with one attached hydrogen (secondary N) is 3. The van der Waals surface area contributed by atoms with E-state index in [0.717, 1.165) is 17.5 Å². The zero-order chi connectivity index (χ0) is 22.9. The number of rotatable bonds is 9. The molecule has 0 aliphatic rings. The quantitative estimate of drug-likeness (QED) is 0.307. The summed E-state index contributed by atoms with van der Waals surface area (Å²) in [7, 11) is 1.58. The molecule has 1 amide bonds. The van der Waals surface area contributed by atoms with Crippen LogP contribution in [0.15, 0.2) is 58.4 Å². The third-order valence-electron chi connectivity index (χ3n) is 4.55. The van der Waals surface area contributed by atoms with Crippen molar-refractivity contribution in [2.24, 2.45) is 4.99 Å². The number of amides is 1. The van der Waals surface area contributed by atoms with Crippen molar-refractivity contribution in [3.63, 3.8) is 0 Å². The van der Waals surface area contributed by atoms with E-state index in [1.165, 1.54) is 0 Å². The minimum atomic E-state index is -3.53. The summed E-state index contributed by atoms with van der Waals surface area (Å²) >= 11 is 0. The summed E-state index contributed by atoms with van der Waals surface area (Å²) in [6.45, 7) is 3.14. The Morgan fingerprint density at radius 2 is 1.68 bits per heavy atom. The Morgan fingerprint density at radius 1 is 1.00 bits per heavy atom. The molecule has 0 unspecified atom stereocenters. The van der Waals surface area contributed by atoms with Gasteiger partial charge in [-0.2, -0.15) is 0 Å². The van der Waals surface area contributed by atoms with Gasteiger partial charge in [-0.3, -0.25) is 9.79 Å². The molecule has 0 spiro atoms. The lowest BCUT2D eigenvalue weighted by Crippen LogP contribution is -2.42. The lowest BCUT2D eigenvalue weighted by Gasteiger charge is -2.13. The molecule has 0 aromatic heterocycles. The molecule has 0 fully saturated rings. The topological polar surface area (TPSA) is 103 Å². The van der Waals surface area contributed by atoms with Gasteiger partial charge in [0.15, 0.2) is 5.96 Å². The van der Waals surface area contributed by atoms with Gasteiger partial charge in [0.2, 0.25) is 10.0 Å². The van der Waals surface area contributed by atoms with Gasteiger partial charge in [-0.05, 0) is 43.2 Å². The molecule has 8 nitrogen and oxygen atoms in total. The fourth-order valence-corrected chi connectivity index (χ4v) is 3.86. The summed E-state index contributed by atoms with van der Waals surface area (Å²) in [5, 5.41) is 6.28. The molecule has 0 aliphatic carbocycles. The summed E-state index contributed by atoms with van der Waals surface area (Å²) in [5.41, 5.74) is 2.71. The first-order valence-electron chi connectivity index (χ1n) is 10.0. The lowest BCUT2D eigenvalue weighted by atomic mass is 10.1. The molecular formula is C22H31N5O3S. The van der Waals surface area contributed by atoms with E-state index in [4.69, 9.17) is 0 Å². The van der Waals surface area contributed by atoms with Gasteiger partial charge in [-0.25, -0.2) is 13.1 Å². The van der Waals surface area contributed by atoms with E-state index in [1.54, 1.807) is 56.4 Å². The molecule has 3 N–H and O–H groups in total. The molecule has 2 aromatic carbocycles. The average molecular weight is 446 g/mol. The molecule has 0 heterocycles. The summed E-state index contributed by atoms with van der Waals surface area (Å²) in [6.07, 6.45) is 0.718. The smallest absolute Gasteiger partial charge is 0.253 e. The van der Waals surface area contributed by atoms with Crippen LogP contribution >= 0.6 is 0 Å². The normalized spacial score (nSPS) is 11.8.